The average Bonchev–Trinajstić information content (AvgIpc) is 2.22. The zero-order chi connectivity index (χ0) is 12.2. The number of carbonyl (C=O) groups excluding carboxylic acids is 2. The highest BCUT2D eigenvalue weighted by Crippen LogP contribution is 1.81. The van der Waals surface area contributed by atoms with Crippen molar-refractivity contribution in [2.24, 2.45) is 0 Å². The monoisotopic (exact) mass is 233 g/mol. The largest absolute Gasteiger partial charge is 0.462 e. The van der Waals surface area contributed by atoms with Gasteiger partial charge in [0.15, 0.2) is 0 Å². The van der Waals surface area contributed by atoms with Crippen molar-refractivity contribution in [3.8, 4) is 0 Å². The second-order valence-corrected chi connectivity index (χ2v) is 3.13. The molecule has 0 aromatic rings. The summed E-state index contributed by atoms with van der Waals surface area (Å²) in [5.41, 5.74) is 0. The number of esters is 1. The predicted octanol–water partition coefficient (Wildman–Crippen LogP) is -0.629. The van der Waals surface area contributed by atoms with Crippen molar-refractivity contribution in [1.82, 2.24) is 5.32 Å². The van der Waals surface area contributed by atoms with Crippen LogP contribution >= 0.6 is 0 Å². The molecule has 0 bridgehead atoms. The number of methoxy groups -OCH3 is 1. The number of hydrogen-bond acceptors (Lipinski definition) is 6. The summed E-state index contributed by atoms with van der Waals surface area (Å²) in [4.78, 5) is 21.6. The molecular weight excluding hydrogens is 214 g/mol. The number of rotatable bonds is 10. The third-order valence-corrected chi connectivity index (χ3v) is 1.57. The van der Waals surface area contributed by atoms with Gasteiger partial charge in [-0.25, -0.2) is 0 Å². The number of Topliss-reactive ketones (excluding diaryl/α,β-unsaturated/α-hetero) is 1. The molecule has 0 aromatic heterocycles. The van der Waals surface area contributed by atoms with Crippen LogP contribution in [0, 0.1) is 0 Å². The van der Waals surface area contributed by atoms with Crippen LogP contribution in [-0.4, -0.2) is 58.4 Å². The van der Waals surface area contributed by atoms with Crippen LogP contribution < -0.4 is 5.32 Å². The van der Waals surface area contributed by atoms with Gasteiger partial charge in [0.05, 0.1) is 32.9 Å². The summed E-state index contributed by atoms with van der Waals surface area (Å²) in [6.07, 6.45) is 0. The molecule has 0 aliphatic carbocycles. The van der Waals surface area contributed by atoms with Crippen LogP contribution in [0.3, 0.4) is 0 Å². The van der Waals surface area contributed by atoms with Crippen molar-refractivity contribution in [2.75, 3.05) is 46.6 Å². The Morgan fingerprint density at radius 2 is 1.75 bits per heavy atom. The normalized spacial score (nSPS) is 10.1. The Morgan fingerprint density at radius 3 is 2.38 bits per heavy atom. The summed E-state index contributed by atoms with van der Waals surface area (Å²) in [6, 6.07) is 0. The molecule has 0 spiro atoms. The van der Waals surface area contributed by atoms with E-state index in [9.17, 15) is 9.59 Å². The van der Waals surface area contributed by atoms with E-state index in [2.05, 4.69) is 5.32 Å². The molecule has 94 valence electrons. The zero-order valence-corrected chi connectivity index (χ0v) is 9.78. The van der Waals surface area contributed by atoms with E-state index in [1.165, 1.54) is 6.92 Å². The molecule has 0 fully saturated rings. The summed E-state index contributed by atoms with van der Waals surface area (Å²) in [6.45, 7) is 3.23. The number of hydrogen-bond donors (Lipinski definition) is 1. The van der Waals surface area contributed by atoms with Gasteiger partial charge in [0.1, 0.15) is 12.4 Å². The molecule has 0 unspecified atom stereocenters. The second kappa shape index (κ2) is 10.5. The second-order valence-electron chi connectivity index (χ2n) is 3.13. The molecule has 6 heteroatoms. The van der Waals surface area contributed by atoms with Gasteiger partial charge in [0.2, 0.25) is 0 Å². The highest BCUT2D eigenvalue weighted by Gasteiger charge is 2.02. The van der Waals surface area contributed by atoms with E-state index < -0.39 is 5.97 Å². The third kappa shape index (κ3) is 11.1. The number of nitrogens with one attached hydrogen (secondary N) is 1. The summed E-state index contributed by atoms with van der Waals surface area (Å²) >= 11 is 0. The summed E-state index contributed by atoms with van der Waals surface area (Å²) < 4.78 is 14.7. The molecular formula is C10H19NO5. The van der Waals surface area contributed by atoms with Crippen molar-refractivity contribution in [1.29, 1.82) is 0 Å². The van der Waals surface area contributed by atoms with Crippen molar-refractivity contribution >= 4 is 11.8 Å². The van der Waals surface area contributed by atoms with Crippen LogP contribution in [0.1, 0.15) is 6.92 Å². The van der Waals surface area contributed by atoms with Gasteiger partial charge in [-0.2, -0.15) is 0 Å². The molecule has 0 aliphatic heterocycles. The lowest BCUT2D eigenvalue weighted by Gasteiger charge is -2.06. The number of ketones is 1. The smallest absolute Gasteiger partial charge is 0.320 e. The zero-order valence-electron chi connectivity index (χ0n) is 9.78. The molecule has 0 amide bonds. The molecule has 0 radical (unpaired) electrons. The molecule has 6 nitrogen and oxygen atoms in total. The van der Waals surface area contributed by atoms with E-state index in [-0.39, 0.29) is 25.5 Å². The molecule has 0 rings (SSSR count). The van der Waals surface area contributed by atoms with E-state index in [1.54, 1.807) is 7.11 Å². The van der Waals surface area contributed by atoms with Crippen LogP contribution in [-0.2, 0) is 23.8 Å². The maximum Gasteiger partial charge on any atom is 0.320 e. The highest BCUT2D eigenvalue weighted by molar-refractivity contribution is 5.78. The van der Waals surface area contributed by atoms with Crippen molar-refractivity contribution in [3.63, 3.8) is 0 Å². The minimum Gasteiger partial charge on any atom is -0.462 e. The van der Waals surface area contributed by atoms with Crippen LogP contribution in [0.15, 0.2) is 0 Å². The minimum atomic E-state index is -0.392. The molecule has 0 heterocycles. The predicted molar refractivity (Wildman–Crippen MR) is 57.2 cm³/mol. The SMILES string of the molecule is COCCOCCOC(=O)CNCC(C)=O. The van der Waals surface area contributed by atoms with Crippen LogP contribution in [0.4, 0.5) is 0 Å². The number of ether oxygens (including phenoxy) is 3. The first-order chi connectivity index (χ1) is 7.66. The molecule has 0 aliphatic rings. The lowest BCUT2D eigenvalue weighted by molar-refractivity contribution is -0.144. The van der Waals surface area contributed by atoms with Gasteiger partial charge in [-0.3, -0.25) is 9.59 Å². The van der Waals surface area contributed by atoms with Gasteiger partial charge in [0.25, 0.3) is 0 Å². The van der Waals surface area contributed by atoms with Gasteiger partial charge in [-0.15, -0.1) is 0 Å². The Hall–Kier alpha value is -0.980. The first-order valence-corrected chi connectivity index (χ1v) is 5.09. The average molecular weight is 233 g/mol. The Bertz CT molecular complexity index is 207. The van der Waals surface area contributed by atoms with Gasteiger partial charge < -0.3 is 19.5 Å². The quantitative estimate of drug-likeness (QED) is 0.400. The van der Waals surface area contributed by atoms with Crippen molar-refractivity contribution in [3.05, 3.63) is 0 Å². The topological polar surface area (TPSA) is 73.9 Å². The fraction of sp³-hybridized carbons (Fsp3) is 0.800. The van der Waals surface area contributed by atoms with Crippen LogP contribution in [0.25, 0.3) is 0 Å². The fourth-order valence-corrected chi connectivity index (χ4v) is 0.850. The maximum atomic E-state index is 11.0. The summed E-state index contributed by atoms with van der Waals surface area (Å²) in [7, 11) is 1.59. The number of carbonyl (C=O) groups is 2. The van der Waals surface area contributed by atoms with E-state index in [0.717, 1.165) is 0 Å². The van der Waals surface area contributed by atoms with Gasteiger partial charge >= 0.3 is 5.97 Å². The minimum absolute atomic E-state index is 0.0179. The Balaban J connectivity index is 3.20. The van der Waals surface area contributed by atoms with E-state index >= 15 is 0 Å². The van der Waals surface area contributed by atoms with E-state index in [4.69, 9.17) is 14.2 Å². The lowest BCUT2D eigenvalue weighted by Crippen LogP contribution is -2.29. The molecule has 1 N–H and O–H groups in total. The molecule has 0 aromatic carbocycles. The van der Waals surface area contributed by atoms with Crippen LogP contribution in [0.5, 0.6) is 0 Å². The molecule has 0 saturated carbocycles. The third-order valence-electron chi connectivity index (χ3n) is 1.57. The van der Waals surface area contributed by atoms with Gasteiger partial charge in [-0.05, 0) is 6.92 Å². The van der Waals surface area contributed by atoms with Gasteiger partial charge in [0, 0.05) is 7.11 Å². The maximum absolute atomic E-state index is 11.0. The van der Waals surface area contributed by atoms with Crippen LogP contribution in [0.2, 0.25) is 0 Å². The Morgan fingerprint density at radius 1 is 1.06 bits per heavy atom. The van der Waals surface area contributed by atoms with Crippen molar-refractivity contribution in [2.45, 2.75) is 6.92 Å². The van der Waals surface area contributed by atoms with E-state index in [0.29, 0.717) is 19.8 Å². The highest BCUT2D eigenvalue weighted by atomic mass is 16.6. The van der Waals surface area contributed by atoms with E-state index in [1.807, 2.05) is 0 Å². The lowest BCUT2D eigenvalue weighted by atomic mass is 10.4. The molecule has 16 heavy (non-hydrogen) atoms. The van der Waals surface area contributed by atoms with Gasteiger partial charge in [-0.1, -0.05) is 0 Å². The fourth-order valence-electron chi connectivity index (χ4n) is 0.850. The van der Waals surface area contributed by atoms with Crippen molar-refractivity contribution < 1.29 is 23.8 Å². The summed E-state index contributed by atoms with van der Waals surface area (Å²) in [5.74, 6) is -0.410. The Labute approximate surface area is 95.2 Å². The first-order valence-electron chi connectivity index (χ1n) is 5.09. The Kier molecular flexibility index (Phi) is 9.89. The standard InChI is InChI=1S/C10H19NO5/c1-9(12)7-11-8-10(13)16-6-5-15-4-3-14-2/h11H,3-8H2,1-2H3. The molecule has 0 atom stereocenters. The summed E-state index contributed by atoms with van der Waals surface area (Å²) in [5, 5.41) is 2.66. The molecule has 0 saturated heterocycles. The first kappa shape index (κ1) is 15.0.